The van der Waals surface area contributed by atoms with Crippen LogP contribution in [0.4, 0.5) is 4.79 Å². The Morgan fingerprint density at radius 1 is 1.25 bits per heavy atom. The molecule has 32 heavy (non-hydrogen) atoms. The Morgan fingerprint density at radius 2 is 1.97 bits per heavy atom. The number of piperazine rings is 1. The highest BCUT2D eigenvalue weighted by Gasteiger charge is 2.29. The number of ether oxygens (including phenoxy) is 1. The molecule has 1 aliphatic rings. The number of rotatable bonds is 7. The number of benzene rings is 1. The third-order valence-electron chi connectivity index (χ3n) is 5.73. The van der Waals surface area contributed by atoms with Gasteiger partial charge in [0, 0.05) is 32.2 Å². The Balaban J connectivity index is 1.68. The van der Waals surface area contributed by atoms with E-state index < -0.39 is 12.7 Å². The molecule has 1 aromatic carbocycles. The van der Waals surface area contributed by atoms with Crippen LogP contribution in [0.15, 0.2) is 16.5 Å². The summed E-state index contributed by atoms with van der Waals surface area (Å²) in [6.45, 7) is 12.5. The fourth-order valence-electron chi connectivity index (χ4n) is 4.03. The summed E-state index contributed by atoms with van der Waals surface area (Å²) in [5, 5.41) is 26.5. The molecule has 1 fully saturated rings. The van der Waals surface area contributed by atoms with E-state index in [1.54, 1.807) is 4.90 Å². The standard InChI is InChI=1S/C23H34N4O5/c1-14(2)31-23(30)27-7-6-26(11-16(27)4)12-19-9-15(3)8-18(17(19)5)10-21-24-25-22(32-21)20(29)13-28/h8-9,14,16,20,28-29H,6-7,10-13H2,1-5H3/t16-,20-/m0/s1. The lowest BCUT2D eigenvalue weighted by atomic mass is 9.96. The maximum Gasteiger partial charge on any atom is 0.410 e. The molecule has 2 aromatic rings. The third-order valence-corrected chi connectivity index (χ3v) is 5.73. The van der Waals surface area contributed by atoms with Crippen molar-refractivity contribution in [3.8, 4) is 0 Å². The Bertz CT molecular complexity index is 929. The summed E-state index contributed by atoms with van der Waals surface area (Å²) in [5.41, 5.74) is 4.61. The summed E-state index contributed by atoms with van der Waals surface area (Å²) in [4.78, 5) is 16.5. The summed E-state index contributed by atoms with van der Waals surface area (Å²) in [5.74, 6) is 0.425. The second-order valence-electron chi connectivity index (χ2n) is 8.83. The zero-order valence-electron chi connectivity index (χ0n) is 19.5. The zero-order chi connectivity index (χ0) is 23.4. The Hall–Kier alpha value is -2.49. The number of nitrogens with zero attached hydrogens (tertiary/aromatic N) is 4. The van der Waals surface area contributed by atoms with Gasteiger partial charge in [-0.25, -0.2) is 4.79 Å². The summed E-state index contributed by atoms with van der Waals surface area (Å²) in [6.07, 6.45) is -1.07. The van der Waals surface area contributed by atoms with Crippen molar-refractivity contribution in [2.75, 3.05) is 26.2 Å². The van der Waals surface area contributed by atoms with Gasteiger partial charge < -0.3 is 24.3 Å². The number of hydrogen-bond donors (Lipinski definition) is 2. The van der Waals surface area contributed by atoms with E-state index in [4.69, 9.17) is 14.3 Å². The zero-order valence-corrected chi connectivity index (χ0v) is 19.5. The minimum atomic E-state index is -1.16. The average molecular weight is 447 g/mol. The number of hydrogen-bond acceptors (Lipinski definition) is 8. The van der Waals surface area contributed by atoms with Crippen LogP contribution in [0.1, 0.15) is 60.9 Å². The Labute approximate surface area is 189 Å². The van der Waals surface area contributed by atoms with E-state index in [1.807, 2.05) is 13.8 Å². The van der Waals surface area contributed by atoms with E-state index in [-0.39, 0.29) is 24.1 Å². The second kappa shape index (κ2) is 10.4. The van der Waals surface area contributed by atoms with E-state index in [9.17, 15) is 9.90 Å². The van der Waals surface area contributed by atoms with Gasteiger partial charge in [-0.15, -0.1) is 10.2 Å². The van der Waals surface area contributed by atoms with Gasteiger partial charge in [0.2, 0.25) is 11.8 Å². The first-order valence-electron chi connectivity index (χ1n) is 11.1. The number of aliphatic hydroxyl groups is 2. The minimum absolute atomic E-state index is 0.0240. The Morgan fingerprint density at radius 3 is 2.62 bits per heavy atom. The molecule has 0 aliphatic carbocycles. The van der Waals surface area contributed by atoms with Gasteiger partial charge in [0.05, 0.1) is 19.1 Å². The molecule has 1 amide bonds. The lowest BCUT2D eigenvalue weighted by molar-refractivity contribution is 0.0349. The monoisotopic (exact) mass is 446 g/mol. The lowest BCUT2D eigenvalue weighted by Gasteiger charge is -2.39. The first-order valence-corrected chi connectivity index (χ1v) is 11.1. The van der Waals surface area contributed by atoms with Crippen molar-refractivity contribution in [3.05, 3.63) is 46.2 Å². The predicted molar refractivity (Wildman–Crippen MR) is 118 cm³/mol. The molecule has 176 valence electrons. The van der Waals surface area contributed by atoms with Gasteiger partial charge in [0.15, 0.2) is 6.10 Å². The third kappa shape index (κ3) is 5.85. The van der Waals surface area contributed by atoms with Gasteiger partial charge >= 0.3 is 6.09 Å². The van der Waals surface area contributed by atoms with E-state index >= 15 is 0 Å². The SMILES string of the molecule is Cc1cc(Cc2nnc([C@@H](O)CO)o2)c(C)c(CN2CCN(C(=O)OC(C)C)[C@@H](C)C2)c1. The highest BCUT2D eigenvalue weighted by atomic mass is 16.6. The molecule has 0 bridgehead atoms. The second-order valence-corrected chi connectivity index (χ2v) is 8.83. The van der Waals surface area contributed by atoms with Crippen molar-refractivity contribution < 1.29 is 24.2 Å². The molecular weight excluding hydrogens is 412 g/mol. The smallest absolute Gasteiger partial charge is 0.410 e. The van der Waals surface area contributed by atoms with Gasteiger partial charge in [-0.1, -0.05) is 17.7 Å². The molecule has 9 heteroatoms. The van der Waals surface area contributed by atoms with Crippen molar-refractivity contribution >= 4 is 6.09 Å². The largest absolute Gasteiger partial charge is 0.447 e. The fraction of sp³-hybridized carbons (Fsp3) is 0.609. The maximum atomic E-state index is 12.3. The minimum Gasteiger partial charge on any atom is -0.447 e. The Kier molecular flexibility index (Phi) is 7.86. The van der Waals surface area contributed by atoms with E-state index in [0.717, 1.165) is 36.3 Å². The highest BCUT2D eigenvalue weighted by Crippen LogP contribution is 2.23. The van der Waals surface area contributed by atoms with Crippen molar-refractivity contribution in [3.63, 3.8) is 0 Å². The first-order chi connectivity index (χ1) is 15.2. The lowest BCUT2D eigenvalue weighted by Crippen LogP contribution is -2.54. The molecule has 0 saturated carbocycles. The van der Waals surface area contributed by atoms with Crippen molar-refractivity contribution in [1.29, 1.82) is 0 Å². The molecule has 0 unspecified atom stereocenters. The van der Waals surface area contributed by atoms with Crippen LogP contribution < -0.4 is 0 Å². The quantitative estimate of drug-likeness (QED) is 0.667. The van der Waals surface area contributed by atoms with E-state index in [0.29, 0.717) is 18.9 Å². The summed E-state index contributed by atoms with van der Waals surface area (Å²) >= 11 is 0. The molecular formula is C23H34N4O5. The van der Waals surface area contributed by atoms with Gasteiger partial charge in [-0.05, 0) is 51.3 Å². The van der Waals surface area contributed by atoms with Crippen molar-refractivity contribution in [2.45, 2.75) is 65.8 Å². The van der Waals surface area contributed by atoms with Crippen LogP contribution in [0, 0.1) is 13.8 Å². The van der Waals surface area contributed by atoms with Crippen LogP contribution in [0.5, 0.6) is 0 Å². The molecule has 2 atom stereocenters. The van der Waals surface area contributed by atoms with Crippen LogP contribution >= 0.6 is 0 Å². The topological polar surface area (TPSA) is 112 Å². The summed E-state index contributed by atoms with van der Waals surface area (Å²) in [7, 11) is 0. The molecule has 0 spiro atoms. The van der Waals surface area contributed by atoms with Gasteiger partial charge in [0.1, 0.15) is 0 Å². The number of carbonyl (C=O) groups excluding carboxylic acids is 1. The summed E-state index contributed by atoms with van der Waals surface area (Å²) < 4.78 is 10.9. The first kappa shape index (κ1) is 24.2. The molecule has 1 aliphatic heterocycles. The van der Waals surface area contributed by atoms with Crippen LogP contribution in [0.2, 0.25) is 0 Å². The van der Waals surface area contributed by atoms with Crippen LogP contribution in [0.25, 0.3) is 0 Å². The van der Waals surface area contributed by atoms with Crippen LogP contribution in [-0.4, -0.2) is 74.7 Å². The normalized spacial score (nSPS) is 18.2. The molecule has 1 aromatic heterocycles. The van der Waals surface area contributed by atoms with Crippen molar-refractivity contribution in [1.82, 2.24) is 20.0 Å². The fourth-order valence-corrected chi connectivity index (χ4v) is 4.03. The number of aliphatic hydroxyl groups excluding tert-OH is 2. The molecule has 0 radical (unpaired) electrons. The highest BCUT2D eigenvalue weighted by molar-refractivity contribution is 5.68. The average Bonchev–Trinajstić information content (AvgIpc) is 3.19. The number of carbonyl (C=O) groups is 1. The molecule has 2 heterocycles. The number of aryl methyl sites for hydroxylation is 1. The molecule has 2 N–H and O–H groups in total. The van der Waals surface area contributed by atoms with Gasteiger partial charge in [-0.3, -0.25) is 4.90 Å². The molecule has 3 rings (SSSR count). The van der Waals surface area contributed by atoms with Crippen molar-refractivity contribution in [2.24, 2.45) is 0 Å². The molecule has 9 nitrogen and oxygen atoms in total. The predicted octanol–water partition coefficient (Wildman–Crippen LogP) is 2.35. The van der Waals surface area contributed by atoms with Crippen LogP contribution in [-0.2, 0) is 17.7 Å². The number of aromatic nitrogens is 2. The maximum absolute atomic E-state index is 12.3. The number of amides is 1. The van der Waals surface area contributed by atoms with E-state index in [1.165, 1.54) is 5.56 Å². The summed E-state index contributed by atoms with van der Waals surface area (Å²) in [6, 6.07) is 4.38. The van der Waals surface area contributed by atoms with Gasteiger partial charge in [0.25, 0.3) is 0 Å². The van der Waals surface area contributed by atoms with Gasteiger partial charge in [-0.2, -0.15) is 0 Å². The van der Waals surface area contributed by atoms with Crippen LogP contribution in [0.3, 0.4) is 0 Å². The molecule has 1 saturated heterocycles. The van der Waals surface area contributed by atoms with E-state index in [2.05, 4.69) is 48.0 Å².